The molecule has 448 valence electrons. The van der Waals surface area contributed by atoms with E-state index in [0.717, 1.165) is 55.4 Å². The minimum absolute atomic E-state index is 0.833. The second-order valence-corrected chi connectivity index (χ2v) is 26.1. The smallest absolute Gasteiger partial charge is 0.419 e. The van der Waals surface area contributed by atoms with Crippen molar-refractivity contribution in [3.05, 3.63) is 0 Å². The van der Waals surface area contributed by atoms with Crippen LogP contribution in [0.4, 0.5) is 0 Å². The van der Waals surface area contributed by atoms with Crippen LogP contribution in [0.1, 0.15) is 55.4 Å². The van der Waals surface area contributed by atoms with Gasteiger partial charge in [0.1, 0.15) is 0 Å². The Hall–Kier alpha value is -0.720. The maximum atomic E-state index is 9.09. The van der Waals surface area contributed by atoms with Crippen molar-refractivity contribution in [2.24, 2.45) is 0 Å². The van der Waals surface area contributed by atoms with Crippen LogP contribution in [0.5, 0.6) is 0 Å². The van der Waals surface area contributed by atoms with Gasteiger partial charge in [-0.1, -0.05) is 0 Å². The standard InChI is InChI=1S/8C2H4O2.8ClH2O3P/c8*1-2(3)4;8*1-5(2,3)4/h8*1H3,(H,3,4);8*(H2,2,3,4). The van der Waals surface area contributed by atoms with Gasteiger partial charge >= 0.3 is 55.6 Å². The van der Waals surface area contributed by atoms with Crippen LogP contribution in [-0.2, 0) is 74.9 Å². The van der Waals surface area contributed by atoms with Crippen molar-refractivity contribution in [1.82, 2.24) is 0 Å². The van der Waals surface area contributed by atoms with Gasteiger partial charge in [-0.25, -0.2) is 36.5 Å². The SMILES string of the molecule is CC(=O)O.CC(=O)O.CC(=O)O.CC(=O)O.CC(=O)O.CC(=O)O.CC(=O)O.CC(=O)O.O=P(O)(O)Cl.O=P(O)(O)Cl.O=P(O)(O)Cl.O=P(O)(O)Cl.O=P(O)(O)Cl.O=P(O)(O)Cl.O=P(O)(O)Cl.O=P(O)(O)Cl. The van der Waals surface area contributed by atoms with Crippen molar-refractivity contribution in [3.8, 4) is 0 Å². The number of aliphatic carboxylic acids is 8. The zero-order valence-electron chi connectivity index (χ0n) is 35.9. The third-order valence-corrected chi connectivity index (χ3v) is 0. The number of halogens is 8. The number of carboxylic acids is 8. The number of carbonyl (C=O) groups is 8. The van der Waals surface area contributed by atoms with Gasteiger partial charge in [-0.3, -0.25) is 38.4 Å². The zero-order chi connectivity index (χ0) is 64.6. The summed E-state index contributed by atoms with van der Waals surface area (Å²) in [5.41, 5.74) is 0. The molecule has 0 spiro atoms. The van der Waals surface area contributed by atoms with Crippen LogP contribution >= 0.6 is 146 Å². The Morgan fingerprint density at radius 2 is 0.194 bits per heavy atom. The third kappa shape index (κ3) is 623000. The molecule has 0 aliphatic rings. The van der Waals surface area contributed by atoms with Gasteiger partial charge in [0.15, 0.2) is 0 Å². The second-order valence-electron chi connectivity index (χ2n) is 7.94. The Bertz CT molecular complexity index is 1300. The van der Waals surface area contributed by atoms with Gasteiger partial charge in [0.05, 0.1) is 0 Å². The van der Waals surface area contributed by atoms with Gasteiger partial charge in [0.2, 0.25) is 0 Å². The minimum atomic E-state index is -4.17. The normalized spacial score (nSPS) is 9.33. The van der Waals surface area contributed by atoms with E-state index in [4.69, 9.17) is 194 Å². The van der Waals surface area contributed by atoms with Crippen molar-refractivity contribution in [1.29, 1.82) is 0 Å². The highest BCUT2D eigenvalue weighted by Gasteiger charge is 2.04. The molecule has 0 bridgehead atoms. The van der Waals surface area contributed by atoms with E-state index in [1.54, 1.807) is 0 Å². The number of rotatable bonds is 0. The Balaban J connectivity index is -0.0000000332. The molecule has 0 unspecified atom stereocenters. The average Bonchev–Trinajstić information content (AvgIpc) is 2.77. The molecule has 0 aromatic carbocycles. The molecule has 40 nitrogen and oxygen atoms in total. The molecule has 0 aliphatic heterocycles. The van der Waals surface area contributed by atoms with E-state index in [0.29, 0.717) is 0 Å². The molecule has 0 saturated carbocycles. The highest BCUT2D eigenvalue weighted by atomic mass is 35.7. The first-order chi connectivity index (χ1) is 29.9. The zero-order valence-corrected chi connectivity index (χ0v) is 49.1. The number of carboxylic acid groups (broad SMARTS) is 8. The second kappa shape index (κ2) is 66.4. The fourth-order valence-corrected chi connectivity index (χ4v) is 0. The summed E-state index contributed by atoms with van der Waals surface area (Å²) < 4.78 is 72.7. The molecule has 0 aliphatic carbocycles. The summed E-state index contributed by atoms with van der Waals surface area (Å²) in [7, 11) is 0. The molecule has 0 radical (unpaired) electrons. The predicted molar refractivity (Wildman–Crippen MR) is 250 cm³/mol. The fourth-order valence-electron chi connectivity index (χ4n) is 0. The van der Waals surface area contributed by atoms with Crippen molar-refractivity contribution in [2.45, 2.75) is 55.4 Å². The first kappa shape index (κ1) is 115. The topological polar surface area (TPSA) is 759 Å². The lowest BCUT2D eigenvalue weighted by atomic mass is 10.9. The summed E-state index contributed by atoms with van der Waals surface area (Å²) in [5, 5.41) is 59.3. The van der Waals surface area contributed by atoms with E-state index >= 15 is 0 Å². The van der Waals surface area contributed by atoms with Crippen LogP contribution in [0.3, 0.4) is 0 Å². The van der Waals surface area contributed by atoms with Crippen LogP contribution in [-0.4, -0.2) is 167 Å². The first-order valence-corrected chi connectivity index (χ1v) is 33.6. The molecule has 0 saturated heterocycles. The highest BCUT2D eigenvalue weighted by molar-refractivity contribution is 7.81. The molecule has 0 rings (SSSR count). The fraction of sp³-hybridized carbons (Fsp3) is 0.500. The molecule has 0 amide bonds. The lowest BCUT2D eigenvalue weighted by Gasteiger charge is -1.80. The molecule has 0 fully saturated rings. The van der Waals surface area contributed by atoms with Gasteiger partial charge in [-0.2, -0.15) is 0 Å². The first-order valence-electron chi connectivity index (χ1n) is 13.4. The summed E-state index contributed by atoms with van der Waals surface area (Å²) in [6.45, 7) is -24.7. The Morgan fingerprint density at radius 1 is 0.194 bits per heavy atom. The average molecular weight is 1410 g/mol. The molecule has 56 heteroatoms. The molecule has 0 aromatic heterocycles. The predicted octanol–water partition coefficient (Wildman–Crippen LogP) is 3.27. The maximum absolute atomic E-state index is 9.09. The van der Waals surface area contributed by atoms with Crippen molar-refractivity contribution < 1.29 is 194 Å². The molecular weight excluding hydrogens is 1360 g/mol. The molecular formula is C16H48Cl8O40P8. The van der Waals surface area contributed by atoms with E-state index in [2.05, 4.69) is 89.9 Å². The number of hydrogen-bond acceptors (Lipinski definition) is 16. The quantitative estimate of drug-likeness (QED) is 0.155. The summed E-state index contributed by atoms with van der Waals surface area (Å²) in [6, 6.07) is 0. The molecule has 0 atom stereocenters. The summed E-state index contributed by atoms with van der Waals surface area (Å²) in [5.74, 6) is -6.67. The summed E-state index contributed by atoms with van der Waals surface area (Å²) in [4.78, 5) is 190. The summed E-state index contributed by atoms with van der Waals surface area (Å²) in [6.07, 6.45) is 0. The van der Waals surface area contributed by atoms with E-state index in [1.165, 1.54) is 0 Å². The van der Waals surface area contributed by atoms with Crippen molar-refractivity contribution >= 4 is 193 Å². The van der Waals surface area contributed by atoms with Gasteiger partial charge in [-0.15, -0.1) is 0 Å². The van der Waals surface area contributed by atoms with Crippen LogP contribution in [0, 0.1) is 0 Å². The van der Waals surface area contributed by atoms with Crippen LogP contribution in [0.25, 0.3) is 0 Å². The lowest BCUT2D eigenvalue weighted by Crippen LogP contribution is -1.78. The van der Waals surface area contributed by atoms with Gasteiger partial charge < -0.3 is 119 Å². The Kier molecular flexibility index (Phi) is 106. The van der Waals surface area contributed by atoms with Gasteiger partial charge in [-0.05, 0) is 0 Å². The third-order valence-electron chi connectivity index (χ3n) is 0. The molecule has 24 N–H and O–H groups in total. The van der Waals surface area contributed by atoms with E-state index < -0.39 is 103 Å². The monoisotopic (exact) mass is 1410 g/mol. The lowest BCUT2D eigenvalue weighted by molar-refractivity contribution is -0.135. The maximum Gasteiger partial charge on any atom is 0.419 e. The van der Waals surface area contributed by atoms with E-state index in [9.17, 15) is 0 Å². The van der Waals surface area contributed by atoms with E-state index in [-0.39, 0.29) is 0 Å². The highest BCUT2D eigenvalue weighted by Crippen LogP contribution is 2.42. The minimum Gasteiger partial charge on any atom is -0.481 e. The van der Waals surface area contributed by atoms with Crippen molar-refractivity contribution in [3.63, 3.8) is 0 Å². The summed E-state index contributed by atoms with van der Waals surface area (Å²) >= 11 is 33.6. The number of hydrogen-bond donors (Lipinski definition) is 24. The van der Waals surface area contributed by atoms with Crippen LogP contribution in [0.2, 0.25) is 0 Å². The van der Waals surface area contributed by atoms with Crippen molar-refractivity contribution in [2.75, 3.05) is 0 Å². The Morgan fingerprint density at radius 3 is 0.194 bits per heavy atom. The Labute approximate surface area is 440 Å². The van der Waals surface area contributed by atoms with E-state index in [1.807, 2.05) is 0 Å². The van der Waals surface area contributed by atoms with Gasteiger partial charge in [0.25, 0.3) is 47.8 Å². The molecule has 72 heavy (non-hydrogen) atoms. The van der Waals surface area contributed by atoms with Gasteiger partial charge in [0, 0.05) is 145 Å². The van der Waals surface area contributed by atoms with Crippen LogP contribution < -0.4 is 0 Å². The molecule has 0 aromatic rings. The largest absolute Gasteiger partial charge is 0.481 e. The van der Waals surface area contributed by atoms with Crippen LogP contribution in [0.15, 0.2) is 0 Å². The molecule has 0 heterocycles.